The Balaban J connectivity index is 2.99. The van der Waals surface area contributed by atoms with Gasteiger partial charge in [0.25, 0.3) is 0 Å². The molecule has 1 aromatic rings. The molecule has 0 aliphatic carbocycles. The Morgan fingerprint density at radius 3 is 2.24 bits per heavy atom. The summed E-state index contributed by atoms with van der Waals surface area (Å²) in [5.74, 6) is 0.315. The van der Waals surface area contributed by atoms with Crippen molar-refractivity contribution >= 4 is 7.60 Å². The van der Waals surface area contributed by atoms with Crippen LogP contribution in [0.25, 0.3) is 0 Å². The molecule has 0 fully saturated rings. The smallest absolute Gasteiger partial charge is 0.354 e. The zero-order chi connectivity index (χ0) is 13.1. The highest BCUT2D eigenvalue weighted by Crippen LogP contribution is 2.58. The lowest BCUT2D eigenvalue weighted by Crippen LogP contribution is -2.14. The Kier molecular flexibility index (Phi) is 4.95. The summed E-state index contributed by atoms with van der Waals surface area (Å²) in [6, 6.07) is 1.77. The van der Waals surface area contributed by atoms with E-state index in [1.807, 2.05) is 13.8 Å². The van der Waals surface area contributed by atoms with Crippen LogP contribution < -0.4 is 5.73 Å². The van der Waals surface area contributed by atoms with Crippen LogP contribution in [0, 0.1) is 13.8 Å². The molecule has 0 spiro atoms. The lowest BCUT2D eigenvalue weighted by molar-refractivity contribution is 0.209. The van der Waals surface area contributed by atoms with Crippen LogP contribution in [0.15, 0.2) is 10.5 Å². The normalized spacial score (nSPS) is 13.9. The third kappa shape index (κ3) is 3.19. The molecule has 0 saturated heterocycles. The number of rotatable bonds is 6. The zero-order valence-electron chi connectivity index (χ0n) is 10.7. The first-order valence-corrected chi connectivity index (χ1v) is 7.27. The summed E-state index contributed by atoms with van der Waals surface area (Å²) in [6.07, 6.45) is 0. The van der Waals surface area contributed by atoms with Crippen molar-refractivity contribution in [3.8, 4) is 0 Å². The van der Waals surface area contributed by atoms with Crippen molar-refractivity contribution in [2.75, 3.05) is 13.2 Å². The summed E-state index contributed by atoms with van der Waals surface area (Å²) in [6.45, 7) is 7.79. The molecule has 0 aliphatic rings. The van der Waals surface area contributed by atoms with Gasteiger partial charge in [-0.05, 0) is 39.3 Å². The van der Waals surface area contributed by atoms with Crippen molar-refractivity contribution in [1.29, 1.82) is 0 Å². The molecule has 0 unspecified atom stereocenters. The van der Waals surface area contributed by atoms with E-state index in [1.54, 1.807) is 19.9 Å². The largest absolute Gasteiger partial charge is 0.464 e. The van der Waals surface area contributed by atoms with E-state index in [-0.39, 0.29) is 13.2 Å². The number of aryl methyl sites for hydroxylation is 2. The van der Waals surface area contributed by atoms with Gasteiger partial charge in [-0.25, -0.2) is 0 Å². The van der Waals surface area contributed by atoms with Gasteiger partial charge < -0.3 is 19.2 Å². The van der Waals surface area contributed by atoms with Crippen LogP contribution >= 0.6 is 7.60 Å². The van der Waals surface area contributed by atoms with E-state index in [2.05, 4.69) is 0 Å². The van der Waals surface area contributed by atoms with E-state index < -0.39 is 13.4 Å². The summed E-state index contributed by atoms with van der Waals surface area (Å²) in [5.41, 5.74) is 6.89. The predicted octanol–water partition coefficient (Wildman–Crippen LogP) is 3.12. The molecule has 0 aliphatic heterocycles. The molecule has 0 aromatic carbocycles. The molecule has 0 radical (unpaired) electrons. The van der Waals surface area contributed by atoms with Crippen molar-refractivity contribution in [1.82, 2.24) is 0 Å². The van der Waals surface area contributed by atoms with Crippen molar-refractivity contribution < 1.29 is 18.0 Å². The molecule has 0 bridgehead atoms. The maximum Gasteiger partial charge on any atom is 0.354 e. The van der Waals surface area contributed by atoms with Gasteiger partial charge in [-0.2, -0.15) is 0 Å². The van der Waals surface area contributed by atoms with E-state index >= 15 is 0 Å². The first-order valence-electron chi connectivity index (χ1n) is 5.66. The van der Waals surface area contributed by atoms with Gasteiger partial charge in [0, 0.05) is 0 Å². The highest BCUT2D eigenvalue weighted by atomic mass is 31.2. The fourth-order valence-corrected chi connectivity index (χ4v) is 3.02. The fourth-order valence-electron chi connectivity index (χ4n) is 1.46. The standard InChI is InChI=1S/C11H20NO4P/c1-5-14-17(13,15-6-2)11(12)10-7-8(3)9(4)16-10/h7,11H,5-6,12H2,1-4H3/t11-/m1/s1. The van der Waals surface area contributed by atoms with Gasteiger partial charge in [0.2, 0.25) is 0 Å². The van der Waals surface area contributed by atoms with Crippen molar-refractivity contribution in [2.45, 2.75) is 33.5 Å². The van der Waals surface area contributed by atoms with Crippen LogP contribution in [-0.4, -0.2) is 13.2 Å². The maximum atomic E-state index is 12.4. The Hall–Kier alpha value is -0.610. The second-order valence-electron chi connectivity index (χ2n) is 3.71. The molecule has 17 heavy (non-hydrogen) atoms. The first kappa shape index (κ1) is 14.5. The molecule has 98 valence electrons. The van der Waals surface area contributed by atoms with Crippen LogP contribution in [0.5, 0.6) is 0 Å². The van der Waals surface area contributed by atoms with Crippen molar-refractivity contribution in [3.05, 3.63) is 23.2 Å². The van der Waals surface area contributed by atoms with Crippen molar-refractivity contribution in [2.24, 2.45) is 5.73 Å². The van der Waals surface area contributed by atoms with Gasteiger partial charge >= 0.3 is 7.60 Å². The highest BCUT2D eigenvalue weighted by molar-refractivity contribution is 7.54. The maximum absolute atomic E-state index is 12.4. The van der Waals surface area contributed by atoms with Crippen LogP contribution in [0.2, 0.25) is 0 Å². The third-order valence-electron chi connectivity index (χ3n) is 2.44. The molecule has 6 heteroatoms. The quantitative estimate of drug-likeness (QED) is 0.796. The van der Waals surface area contributed by atoms with Gasteiger partial charge in [0.1, 0.15) is 11.5 Å². The van der Waals surface area contributed by atoms with E-state index in [0.717, 1.165) is 11.3 Å². The minimum Gasteiger partial charge on any atom is -0.464 e. The summed E-state index contributed by atoms with van der Waals surface area (Å²) >= 11 is 0. The topological polar surface area (TPSA) is 74.7 Å². The molecule has 0 saturated carbocycles. The van der Waals surface area contributed by atoms with E-state index in [9.17, 15) is 4.57 Å². The Morgan fingerprint density at radius 2 is 1.88 bits per heavy atom. The number of hydrogen-bond donors (Lipinski definition) is 1. The Morgan fingerprint density at radius 1 is 1.35 bits per heavy atom. The zero-order valence-corrected chi connectivity index (χ0v) is 11.6. The molecule has 1 atom stereocenters. The SMILES string of the molecule is CCOP(=O)(OCC)[C@@H](N)c1cc(C)c(C)o1. The average Bonchev–Trinajstić information content (AvgIpc) is 2.59. The number of nitrogens with two attached hydrogens (primary N) is 1. The van der Waals surface area contributed by atoms with Gasteiger partial charge in [-0.15, -0.1) is 0 Å². The molecule has 0 amide bonds. The van der Waals surface area contributed by atoms with Crippen LogP contribution in [0.1, 0.15) is 36.7 Å². The number of hydrogen-bond acceptors (Lipinski definition) is 5. The first-order chi connectivity index (χ1) is 7.94. The minimum atomic E-state index is -3.35. The van der Waals surface area contributed by atoms with E-state index in [4.69, 9.17) is 19.2 Å². The van der Waals surface area contributed by atoms with Crippen LogP contribution in [0.4, 0.5) is 0 Å². The summed E-state index contributed by atoms with van der Waals surface area (Å²) in [5, 5.41) is 0. The molecule has 1 rings (SSSR count). The van der Waals surface area contributed by atoms with E-state index in [1.165, 1.54) is 0 Å². The Bertz CT molecular complexity index is 386. The van der Waals surface area contributed by atoms with Gasteiger partial charge in [0.15, 0.2) is 5.78 Å². The molecule has 1 aromatic heterocycles. The lowest BCUT2D eigenvalue weighted by Gasteiger charge is -2.21. The Labute approximate surface area is 102 Å². The minimum absolute atomic E-state index is 0.281. The monoisotopic (exact) mass is 261 g/mol. The average molecular weight is 261 g/mol. The third-order valence-corrected chi connectivity index (χ3v) is 4.61. The molecular formula is C11H20NO4P. The highest BCUT2D eigenvalue weighted by Gasteiger charge is 2.36. The predicted molar refractivity (Wildman–Crippen MR) is 66.0 cm³/mol. The lowest BCUT2D eigenvalue weighted by atomic mass is 10.3. The summed E-state index contributed by atoms with van der Waals surface area (Å²) < 4.78 is 28.2. The number of furan rings is 1. The van der Waals surface area contributed by atoms with E-state index in [0.29, 0.717) is 5.76 Å². The van der Waals surface area contributed by atoms with Crippen LogP contribution in [-0.2, 0) is 13.6 Å². The summed E-state index contributed by atoms with van der Waals surface area (Å²) in [7, 11) is -3.35. The second-order valence-corrected chi connectivity index (χ2v) is 5.86. The van der Waals surface area contributed by atoms with Gasteiger partial charge in [-0.3, -0.25) is 4.57 Å². The molecule has 2 N–H and O–H groups in total. The van der Waals surface area contributed by atoms with Gasteiger partial charge in [0.05, 0.1) is 13.2 Å². The molecule has 5 nitrogen and oxygen atoms in total. The van der Waals surface area contributed by atoms with Crippen molar-refractivity contribution in [3.63, 3.8) is 0 Å². The molecular weight excluding hydrogens is 241 g/mol. The second kappa shape index (κ2) is 5.83. The van der Waals surface area contributed by atoms with Crippen LogP contribution in [0.3, 0.4) is 0 Å². The van der Waals surface area contributed by atoms with Gasteiger partial charge in [-0.1, -0.05) is 0 Å². The summed E-state index contributed by atoms with van der Waals surface area (Å²) in [4.78, 5) is 0. The fraction of sp³-hybridized carbons (Fsp3) is 0.636. The molecule has 1 heterocycles.